The average Bonchev–Trinajstić information content (AvgIpc) is 3.13. The van der Waals surface area contributed by atoms with Gasteiger partial charge in [-0.2, -0.15) is 5.10 Å². The minimum Gasteiger partial charge on any atom is -0.461 e. The molecule has 1 unspecified atom stereocenters. The van der Waals surface area contributed by atoms with Crippen LogP contribution in [0.1, 0.15) is 30.3 Å². The molecule has 2 N–H and O–H groups in total. The van der Waals surface area contributed by atoms with Crippen LogP contribution in [-0.2, 0) is 9.53 Å². The Balaban J connectivity index is 1.79. The molecule has 25 heavy (non-hydrogen) atoms. The van der Waals surface area contributed by atoms with Crippen LogP contribution in [0.25, 0.3) is 5.69 Å². The highest BCUT2D eigenvalue weighted by molar-refractivity contribution is 5.94. The van der Waals surface area contributed by atoms with E-state index in [9.17, 15) is 9.59 Å². The summed E-state index contributed by atoms with van der Waals surface area (Å²) in [5, 5.41) is 10.5. The highest BCUT2D eigenvalue weighted by Gasteiger charge is 2.22. The normalized spacial score (nSPS) is 17.1. The molecule has 1 fully saturated rings. The average molecular weight is 342 g/mol. The number of piperidine rings is 1. The van der Waals surface area contributed by atoms with E-state index in [2.05, 4.69) is 15.7 Å². The third-order valence-electron chi connectivity index (χ3n) is 4.15. The summed E-state index contributed by atoms with van der Waals surface area (Å²) in [4.78, 5) is 24.3. The predicted octanol–water partition coefficient (Wildman–Crippen LogP) is 1.99. The molecule has 0 aliphatic carbocycles. The van der Waals surface area contributed by atoms with Gasteiger partial charge in [-0.05, 0) is 44.5 Å². The van der Waals surface area contributed by atoms with Crippen LogP contribution in [0.2, 0.25) is 0 Å². The van der Waals surface area contributed by atoms with E-state index in [4.69, 9.17) is 4.74 Å². The molecule has 1 amide bonds. The fraction of sp³-hybridized carbons (Fsp3) is 0.389. The predicted molar refractivity (Wildman–Crippen MR) is 93.7 cm³/mol. The summed E-state index contributed by atoms with van der Waals surface area (Å²) >= 11 is 0. The monoisotopic (exact) mass is 342 g/mol. The number of rotatable bonds is 5. The topological polar surface area (TPSA) is 85.2 Å². The van der Waals surface area contributed by atoms with Crippen LogP contribution >= 0.6 is 0 Å². The molecular weight excluding hydrogens is 320 g/mol. The van der Waals surface area contributed by atoms with Gasteiger partial charge >= 0.3 is 5.97 Å². The van der Waals surface area contributed by atoms with Crippen molar-refractivity contribution in [1.82, 2.24) is 15.1 Å². The van der Waals surface area contributed by atoms with E-state index < -0.39 is 5.97 Å². The molecule has 1 aromatic heterocycles. The summed E-state index contributed by atoms with van der Waals surface area (Å²) in [6.07, 6.45) is 3.57. The van der Waals surface area contributed by atoms with Gasteiger partial charge in [-0.15, -0.1) is 0 Å². The maximum Gasteiger partial charge on any atom is 0.358 e. The van der Waals surface area contributed by atoms with Gasteiger partial charge < -0.3 is 15.4 Å². The molecule has 1 aliphatic heterocycles. The van der Waals surface area contributed by atoms with Crippen molar-refractivity contribution in [3.8, 4) is 5.69 Å². The third-order valence-corrected chi connectivity index (χ3v) is 4.15. The number of carbonyl (C=O) groups excluding carboxylic acids is 2. The van der Waals surface area contributed by atoms with Crippen molar-refractivity contribution >= 4 is 17.6 Å². The van der Waals surface area contributed by atoms with E-state index in [-0.39, 0.29) is 17.5 Å². The second kappa shape index (κ2) is 7.94. The molecule has 1 aliphatic rings. The maximum atomic E-state index is 12.5. The first-order chi connectivity index (χ1) is 12.2. The summed E-state index contributed by atoms with van der Waals surface area (Å²) in [7, 11) is 0. The maximum absolute atomic E-state index is 12.5. The minimum absolute atomic E-state index is 0.00239. The standard InChI is InChI=1S/C18H22N4O3/c1-2-25-18(24)15-9-11-22(21-15)16-8-4-3-7-14(16)20-17(23)13-6-5-10-19-12-13/h3-4,7-9,11,13,19H,2,5-6,10,12H2,1H3,(H,20,23). The van der Waals surface area contributed by atoms with Crippen LogP contribution in [0.15, 0.2) is 36.5 Å². The lowest BCUT2D eigenvalue weighted by atomic mass is 9.99. The second-order valence-electron chi connectivity index (χ2n) is 5.92. The number of anilines is 1. The fourth-order valence-corrected chi connectivity index (χ4v) is 2.86. The summed E-state index contributed by atoms with van der Waals surface area (Å²) in [5.74, 6) is -0.497. The van der Waals surface area contributed by atoms with Crippen LogP contribution in [0.3, 0.4) is 0 Å². The van der Waals surface area contributed by atoms with Crippen molar-refractivity contribution in [3.63, 3.8) is 0 Å². The van der Waals surface area contributed by atoms with Crippen LogP contribution in [0.5, 0.6) is 0 Å². The summed E-state index contributed by atoms with van der Waals surface area (Å²) in [6, 6.07) is 8.99. The molecular formula is C18H22N4O3. The van der Waals surface area contributed by atoms with E-state index >= 15 is 0 Å². The number of benzene rings is 1. The van der Waals surface area contributed by atoms with Crippen molar-refractivity contribution in [3.05, 3.63) is 42.2 Å². The number of ether oxygens (including phenoxy) is 1. The molecule has 7 heteroatoms. The molecule has 0 bridgehead atoms. The Hall–Kier alpha value is -2.67. The number of nitrogens with one attached hydrogen (secondary N) is 2. The molecule has 2 aromatic rings. The van der Waals surface area contributed by atoms with E-state index in [0.29, 0.717) is 24.5 Å². The number of aromatic nitrogens is 2. The van der Waals surface area contributed by atoms with Gasteiger partial charge in [-0.1, -0.05) is 12.1 Å². The van der Waals surface area contributed by atoms with E-state index in [1.807, 2.05) is 24.3 Å². The van der Waals surface area contributed by atoms with Crippen molar-refractivity contribution in [1.29, 1.82) is 0 Å². The SMILES string of the molecule is CCOC(=O)c1ccn(-c2ccccc2NC(=O)C2CCCNC2)n1. The molecule has 7 nitrogen and oxygen atoms in total. The first-order valence-corrected chi connectivity index (χ1v) is 8.53. The van der Waals surface area contributed by atoms with Crippen molar-refractivity contribution < 1.29 is 14.3 Å². The molecule has 0 radical (unpaired) electrons. The Labute approximate surface area is 146 Å². The first kappa shape index (κ1) is 17.2. The van der Waals surface area contributed by atoms with Crippen molar-refractivity contribution in [2.45, 2.75) is 19.8 Å². The smallest absolute Gasteiger partial charge is 0.358 e. The van der Waals surface area contributed by atoms with Crippen molar-refractivity contribution in [2.75, 3.05) is 25.0 Å². The van der Waals surface area contributed by atoms with Gasteiger partial charge in [0.05, 0.1) is 23.9 Å². The summed E-state index contributed by atoms with van der Waals surface area (Å²) < 4.78 is 6.53. The highest BCUT2D eigenvalue weighted by Crippen LogP contribution is 2.21. The Morgan fingerprint density at radius 3 is 2.96 bits per heavy atom. The van der Waals surface area contributed by atoms with Crippen LogP contribution in [-0.4, -0.2) is 41.4 Å². The zero-order chi connectivity index (χ0) is 17.6. The first-order valence-electron chi connectivity index (χ1n) is 8.53. The molecule has 3 rings (SSSR count). The largest absolute Gasteiger partial charge is 0.461 e. The number of nitrogens with zero attached hydrogens (tertiary/aromatic N) is 2. The van der Waals surface area contributed by atoms with E-state index in [1.54, 1.807) is 23.9 Å². The molecule has 1 saturated heterocycles. The molecule has 132 valence electrons. The van der Waals surface area contributed by atoms with Crippen LogP contribution in [0.4, 0.5) is 5.69 Å². The van der Waals surface area contributed by atoms with Crippen LogP contribution < -0.4 is 10.6 Å². The number of hydrogen-bond donors (Lipinski definition) is 2. The number of para-hydroxylation sites is 2. The molecule has 2 heterocycles. The lowest BCUT2D eigenvalue weighted by Crippen LogP contribution is -2.37. The van der Waals surface area contributed by atoms with Gasteiger partial charge in [0.15, 0.2) is 5.69 Å². The van der Waals surface area contributed by atoms with Gasteiger partial charge in [0.1, 0.15) is 0 Å². The lowest BCUT2D eigenvalue weighted by Gasteiger charge is -2.22. The Morgan fingerprint density at radius 1 is 1.36 bits per heavy atom. The van der Waals surface area contributed by atoms with Gasteiger partial charge in [-0.25, -0.2) is 9.48 Å². The molecule has 1 aromatic carbocycles. The van der Waals surface area contributed by atoms with E-state index in [0.717, 1.165) is 19.4 Å². The number of amides is 1. The number of carbonyl (C=O) groups is 2. The zero-order valence-corrected chi connectivity index (χ0v) is 14.2. The van der Waals surface area contributed by atoms with Crippen molar-refractivity contribution in [2.24, 2.45) is 5.92 Å². The number of hydrogen-bond acceptors (Lipinski definition) is 5. The Kier molecular flexibility index (Phi) is 5.45. The van der Waals surface area contributed by atoms with E-state index in [1.165, 1.54) is 0 Å². The highest BCUT2D eigenvalue weighted by atomic mass is 16.5. The van der Waals surface area contributed by atoms with Gasteiger partial charge in [0, 0.05) is 12.7 Å². The van der Waals surface area contributed by atoms with Gasteiger partial charge in [0.25, 0.3) is 0 Å². The fourth-order valence-electron chi connectivity index (χ4n) is 2.86. The zero-order valence-electron chi connectivity index (χ0n) is 14.2. The van der Waals surface area contributed by atoms with Gasteiger partial charge in [0.2, 0.25) is 5.91 Å². The summed E-state index contributed by atoms with van der Waals surface area (Å²) in [6.45, 7) is 3.71. The second-order valence-corrected chi connectivity index (χ2v) is 5.92. The summed E-state index contributed by atoms with van der Waals surface area (Å²) in [5.41, 5.74) is 1.60. The molecule has 1 atom stereocenters. The number of esters is 1. The minimum atomic E-state index is -0.462. The molecule has 0 saturated carbocycles. The Bertz CT molecular complexity index is 750. The van der Waals surface area contributed by atoms with Gasteiger partial charge in [-0.3, -0.25) is 4.79 Å². The van der Waals surface area contributed by atoms with Crippen LogP contribution in [0, 0.1) is 5.92 Å². The lowest BCUT2D eigenvalue weighted by molar-refractivity contribution is -0.120. The quantitative estimate of drug-likeness (QED) is 0.812. The Morgan fingerprint density at radius 2 is 2.20 bits per heavy atom. The molecule has 0 spiro atoms. The third kappa shape index (κ3) is 4.06.